The Hall–Kier alpha value is -1.84. The highest BCUT2D eigenvalue weighted by Gasteiger charge is 2.12. The van der Waals surface area contributed by atoms with Crippen molar-refractivity contribution in [3.63, 3.8) is 0 Å². The SMILES string of the molecule is CNCc1cc(Cl)ccc1-c1cc2cccc(F)c2o1. The summed E-state index contributed by atoms with van der Waals surface area (Å²) in [6, 6.07) is 12.3. The second-order valence-electron chi connectivity index (χ2n) is 4.60. The molecular weight excluding hydrogens is 277 g/mol. The van der Waals surface area contributed by atoms with E-state index in [0.717, 1.165) is 16.5 Å². The first kappa shape index (κ1) is 13.2. The van der Waals surface area contributed by atoms with Crippen LogP contribution >= 0.6 is 11.6 Å². The fourth-order valence-corrected chi connectivity index (χ4v) is 2.49. The lowest BCUT2D eigenvalue weighted by molar-refractivity contribution is 0.568. The van der Waals surface area contributed by atoms with Gasteiger partial charge >= 0.3 is 0 Å². The molecule has 2 nitrogen and oxygen atoms in total. The van der Waals surface area contributed by atoms with Gasteiger partial charge in [-0.25, -0.2) is 4.39 Å². The molecule has 2 aromatic carbocycles. The first-order chi connectivity index (χ1) is 9.69. The predicted octanol–water partition coefficient (Wildman–Crippen LogP) is 4.61. The molecule has 0 radical (unpaired) electrons. The van der Waals surface area contributed by atoms with Gasteiger partial charge in [-0.15, -0.1) is 0 Å². The molecule has 0 amide bonds. The number of hydrogen-bond donors (Lipinski definition) is 1. The Morgan fingerprint density at radius 2 is 2.05 bits per heavy atom. The molecule has 0 aliphatic carbocycles. The molecule has 0 unspecified atom stereocenters. The van der Waals surface area contributed by atoms with E-state index in [4.69, 9.17) is 16.0 Å². The van der Waals surface area contributed by atoms with Crippen molar-refractivity contribution in [2.24, 2.45) is 0 Å². The summed E-state index contributed by atoms with van der Waals surface area (Å²) in [4.78, 5) is 0. The number of rotatable bonds is 3. The first-order valence-electron chi connectivity index (χ1n) is 6.30. The number of halogens is 2. The average molecular weight is 290 g/mol. The minimum absolute atomic E-state index is 0.285. The van der Waals surface area contributed by atoms with E-state index in [0.29, 0.717) is 17.3 Å². The van der Waals surface area contributed by atoms with Gasteiger partial charge in [-0.2, -0.15) is 0 Å². The van der Waals surface area contributed by atoms with Crippen LogP contribution in [0.1, 0.15) is 5.56 Å². The molecule has 1 N–H and O–H groups in total. The number of furan rings is 1. The van der Waals surface area contributed by atoms with E-state index in [2.05, 4.69) is 5.32 Å². The molecule has 0 saturated carbocycles. The van der Waals surface area contributed by atoms with E-state index in [1.165, 1.54) is 6.07 Å². The van der Waals surface area contributed by atoms with Crippen LogP contribution < -0.4 is 5.32 Å². The highest BCUT2D eigenvalue weighted by Crippen LogP contribution is 2.32. The monoisotopic (exact) mass is 289 g/mol. The zero-order valence-electron chi connectivity index (χ0n) is 10.9. The summed E-state index contributed by atoms with van der Waals surface area (Å²) < 4.78 is 19.4. The molecule has 0 aliphatic rings. The highest BCUT2D eigenvalue weighted by atomic mass is 35.5. The van der Waals surface area contributed by atoms with Crippen molar-refractivity contribution < 1.29 is 8.81 Å². The Labute approximate surface area is 121 Å². The van der Waals surface area contributed by atoms with Gasteiger partial charge in [-0.05, 0) is 42.9 Å². The van der Waals surface area contributed by atoms with Crippen molar-refractivity contribution in [2.45, 2.75) is 6.54 Å². The topological polar surface area (TPSA) is 25.2 Å². The van der Waals surface area contributed by atoms with Crippen molar-refractivity contribution in [3.05, 3.63) is 58.9 Å². The maximum absolute atomic E-state index is 13.7. The lowest BCUT2D eigenvalue weighted by Gasteiger charge is -2.07. The van der Waals surface area contributed by atoms with Crippen molar-refractivity contribution in [2.75, 3.05) is 7.05 Å². The zero-order chi connectivity index (χ0) is 14.1. The smallest absolute Gasteiger partial charge is 0.170 e. The maximum atomic E-state index is 13.7. The number of fused-ring (bicyclic) bond motifs is 1. The minimum atomic E-state index is -0.349. The fraction of sp³-hybridized carbons (Fsp3) is 0.125. The normalized spacial score (nSPS) is 11.2. The third-order valence-corrected chi connectivity index (χ3v) is 3.43. The Kier molecular flexibility index (Phi) is 3.47. The molecule has 0 aliphatic heterocycles. The Morgan fingerprint density at radius 1 is 1.20 bits per heavy atom. The van der Waals surface area contributed by atoms with Gasteiger partial charge in [0.15, 0.2) is 11.4 Å². The van der Waals surface area contributed by atoms with Crippen LogP contribution in [0.3, 0.4) is 0 Å². The van der Waals surface area contributed by atoms with Crippen LogP contribution in [-0.2, 0) is 6.54 Å². The first-order valence-corrected chi connectivity index (χ1v) is 6.68. The summed E-state index contributed by atoms with van der Waals surface area (Å²) >= 11 is 6.03. The molecule has 0 bridgehead atoms. The zero-order valence-corrected chi connectivity index (χ0v) is 11.7. The van der Waals surface area contributed by atoms with Crippen molar-refractivity contribution in [3.8, 4) is 11.3 Å². The molecule has 1 aromatic heterocycles. The van der Waals surface area contributed by atoms with Gasteiger partial charge in [0.25, 0.3) is 0 Å². The van der Waals surface area contributed by atoms with E-state index in [1.807, 2.05) is 31.3 Å². The van der Waals surface area contributed by atoms with Crippen molar-refractivity contribution in [1.29, 1.82) is 0 Å². The van der Waals surface area contributed by atoms with Gasteiger partial charge in [0, 0.05) is 22.5 Å². The molecule has 3 aromatic rings. The summed E-state index contributed by atoms with van der Waals surface area (Å²) in [6.45, 7) is 0.662. The van der Waals surface area contributed by atoms with Crippen LogP contribution in [-0.4, -0.2) is 7.05 Å². The fourth-order valence-electron chi connectivity index (χ4n) is 2.30. The van der Waals surface area contributed by atoms with E-state index >= 15 is 0 Å². The number of benzene rings is 2. The summed E-state index contributed by atoms with van der Waals surface area (Å²) in [5.74, 6) is 0.296. The summed E-state index contributed by atoms with van der Waals surface area (Å²) in [6.07, 6.45) is 0. The Bertz CT molecular complexity index is 766. The average Bonchev–Trinajstić information content (AvgIpc) is 2.84. The molecule has 0 spiro atoms. The molecule has 4 heteroatoms. The summed E-state index contributed by atoms with van der Waals surface area (Å²) in [7, 11) is 1.86. The largest absolute Gasteiger partial charge is 0.453 e. The second-order valence-corrected chi connectivity index (χ2v) is 5.04. The van der Waals surface area contributed by atoms with E-state index in [-0.39, 0.29) is 11.4 Å². The number of para-hydroxylation sites is 1. The summed E-state index contributed by atoms with van der Waals surface area (Å²) in [5.41, 5.74) is 2.21. The minimum Gasteiger partial charge on any atom is -0.453 e. The van der Waals surface area contributed by atoms with Gasteiger partial charge in [0.2, 0.25) is 0 Å². The van der Waals surface area contributed by atoms with Gasteiger partial charge < -0.3 is 9.73 Å². The standard InChI is InChI=1S/C16H13ClFNO/c1-19-9-11-7-12(17)5-6-13(11)15-8-10-3-2-4-14(18)16(10)20-15/h2-8,19H,9H2,1H3. The number of hydrogen-bond acceptors (Lipinski definition) is 2. The molecule has 20 heavy (non-hydrogen) atoms. The van der Waals surface area contributed by atoms with E-state index in [1.54, 1.807) is 12.1 Å². The summed E-state index contributed by atoms with van der Waals surface area (Å²) in [5, 5.41) is 4.51. The highest BCUT2D eigenvalue weighted by molar-refractivity contribution is 6.30. The van der Waals surface area contributed by atoms with Gasteiger partial charge in [-0.3, -0.25) is 0 Å². The maximum Gasteiger partial charge on any atom is 0.170 e. The quantitative estimate of drug-likeness (QED) is 0.761. The van der Waals surface area contributed by atoms with Crippen LogP contribution in [0.4, 0.5) is 4.39 Å². The molecular formula is C16H13ClFNO. The Morgan fingerprint density at radius 3 is 2.80 bits per heavy atom. The van der Waals surface area contributed by atoms with Gasteiger partial charge in [-0.1, -0.05) is 23.7 Å². The van der Waals surface area contributed by atoms with Crippen LogP contribution in [0.15, 0.2) is 46.9 Å². The molecule has 0 saturated heterocycles. The van der Waals surface area contributed by atoms with E-state index < -0.39 is 0 Å². The lowest BCUT2D eigenvalue weighted by atomic mass is 10.0. The molecule has 3 rings (SSSR count). The molecule has 0 fully saturated rings. The predicted molar refractivity (Wildman–Crippen MR) is 79.4 cm³/mol. The van der Waals surface area contributed by atoms with Gasteiger partial charge in [0.1, 0.15) is 5.76 Å². The third-order valence-electron chi connectivity index (χ3n) is 3.20. The van der Waals surface area contributed by atoms with Gasteiger partial charge in [0.05, 0.1) is 0 Å². The van der Waals surface area contributed by atoms with Crippen LogP contribution in [0.2, 0.25) is 5.02 Å². The van der Waals surface area contributed by atoms with Crippen LogP contribution in [0.5, 0.6) is 0 Å². The van der Waals surface area contributed by atoms with E-state index in [9.17, 15) is 4.39 Å². The molecule has 1 heterocycles. The van der Waals surface area contributed by atoms with Crippen molar-refractivity contribution in [1.82, 2.24) is 5.32 Å². The lowest BCUT2D eigenvalue weighted by Crippen LogP contribution is -2.06. The third kappa shape index (κ3) is 2.30. The second kappa shape index (κ2) is 5.27. The Balaban J connectivity index is 2.17. The molecule has 0 atom stereocenters. The van der Waals surface area contributed by atoms with Crippen molar-refractivity contribution >= 4 is 22.6 Å². The van der Waals surface area contributed by atoms with Crippen LogP contribution in [0, 0.1) is 5.82 Å². The molecule has 102 valence electrons. The number of nitrogens with one attached hydrogen (secondary N) is 1. The van der Waals surface area contributed by atoms with Crippen LogP contribution in [0.25, 0.3) is 22.3 Å².